The predicted octanol–water partition coefficient (Wildman–Crippen LogP) is 5.57. The Morgan fingerprint density at radius 3 is 1.82 bits per heavy atom. The number of carbonyl (C=O) groups is 2. The standard InChI is InChI=1S/C15H19NO2.C13H16O2/c1-9-10(2)12(4)15(8-18-13(5)17)14(6-7-16)11(9)3;1-7-8(2)10(4)12-6-15-13(14)5-11(12)9(7)3/h6,8H2,1-5H3;5-6H2,1-4H3. The number of cyclic esters (lactones) is 1. The van der Waals surface area contributed by atoms with E-state index in [0.29, 0.717) is 19.4 Å². The number of rotatable bonds is 3. The molecule has 0 amide bonds. The maximum absolute atomic E-state index is 11.3. The van der Waals surface area contributed by atoms with Crippen molar-refractivity contribution in [1.82, 2.24) is 0 Å². The highest BCUT2D eigenvalue weighted by molar-refractivity contribution is 5.76. The minimum atomic E-state index is -0.298. The van der Waals surface area contributed by atoms with Gasteiger partial charge in [-0.15, -0.1) is 0 Å². The molecule has 0 spiro atoms. The summed E-state index contributed by atoms with van der Waals surface area (Å²) in [6.07, 6.45) is 0.785. The van der Waals surface area contributed by atoms with Crippen molar-refractivity contribution < 1.29 is 19.1 Å². The fourth-order valence-electron chi connectivity index (χ4n) is 4.41. The second-order valence-electron chi connectivity index (χ2n) is 8.87. The Balaban J connectivity index is 0.000000237. The van der Waals surface area contributed by atoms with Crippen LogP contribution in [-0.2, 0) is 45.1 Å². The average Bonchev–Trinajstić information content (AvgIpc) is 2.78. The monoisotopic (exact) mass is 449 g/mol. The summed E-state index contributed by atoms with van der Waals surface area (Å²) in [6, 6.07) is 2.19. The van der Waals surface area contributed by atoms with Crippen LogP contribution in [0, 0.1) is 66.7 Å². The van der Waals surface area contributed by atoms with Crippen molar-refractivity contribution in [3.05, 3.63) is 66.8 Å². The zero-order valence-electron chi connectivity index (χ0n) is 21.4. The minimum absolute atomic E-state index is 0.103. The number of fused-ring (bicyclic) bond motifs is 1. The van der Waals surface area contributed by atoms with Gasteiger partial charge in [-0.3, -0.25) is 9.59 Å². The molecule has 1 aliphatic heterocycles. The number of hydrogen-bond donors (Lipinski definition) is 0. The normalized spacial score (nSPS) is 12.2. The second kappa shape index (κ2) is 10.7. The number of nitriles is 1. The third-order valence-electron chi connectivity index (χ3n) is 7.29. The molecule has 1 heterocycles. The van der Waals surface area contributed by atoms with E-state index in [1.54, 1.807) is 0 Å². The van der Waals surface area contributed by atoms with E-state index >= 15 is 0 Å². The van der Waals surface area contributed by atoms with Crippen LogP contribution in [0.5, 0.6) is 0 Å². The summed E-state index contributed by atoms with van der Waals surface area (Å²) in [4.78, 5) is 22.2. The number of carbonyl (C=O) groups excluding carboxylic acids is 2. The quantitative estimate of drug-likeness (QED) is 0.573. The summed E-state index contributed by atoms with van der Waals surface area (Å²) in [5, 5.41) is 8.94. The summed E-state index contributed by atoms with van der Waals surface area (Å²) in [6.45, 7) is 18.7. The molecule has 0 radical (unpaired) electrons. The molecule has 176 valence electrons. The SMILES string of the molecule is CC(=O)OCc1c(C)c(C)c(C)c(C)c1CC#N.Cc1c(C)c(C)c2c(c1C)COC(=O)C2. The van der Waals surface area contributed by atoms with Crippen molar-refractivity contribution >= 4 is 11.9 Å². The third-order valence-corrected chi connectivity index (χ3v) is 7.29. The lowest BCUT2D eigenvalue weighted by molar-refractivity contribution is -0.145. The van der Waals surface area contributed by atoms with E-state index in [-0.39, 0.29) is 18.5 Å². The molecule has 2 aromatic carbocycles. The first-order chi connectivity index (χ1) is 15.4. The molecule has 33 heavy (non-hydrogen) atoms. The van der Waals surface area contributed by atoms with Crippen LogP contribution in [-0.4, -0.2) is 11.9 Å². The van der Waals surface area contributed by atoms with E-state index in [1.807, 2.05) is 13.8 Å². The lowest BCUT2D eigenvalue weighted by Gasteiger charge is -2.23. The van der Waals surface area contributed by atoms with E-state index in [2.05, 4.69) is 47.6 Å². The predicted molar refractivity (Wildman–Crippen MR) is 129 cm³/mol. The van der Waals surface area contributed by atoms with Gasteiger partial charge in [-0.1, -0.05) is 0 Å². The fraction of sp³-hybridized carbons (Fsp3) is 0.464. The van der Waals surface area contributed by atoms with Gasteiger partial charge in [0, 0.05) is 6.92 Å². The Morgan fingerprint density at radius 1 is 0.818 bits per heavy atom. The molecule has 0 aromatic heterocycles. The number of hydrogen-bond acceptors (Lipinski definition) is 5. The van der Waals surface area contributed by atoms with Crippen molar-refractivity contribution in [3.63, 3.8) is 0 Å². The van der Waals surface area contributed by atoms with Crippen molar-refractivity contribution in [1.29, 1.82) is 5.26 Å². The molecular formula is C28H35NO4. The molecule has 0 atom stereocenters. The van der Waals surface area contributed by atoms with Gasteiger partial charge in [0.15, 0.2) is 0 Å². The number of esters is 2. The molecule has 5 nitrogen and oxygen atoms in total. The lowest BCUT2D eigenvalue weighted by Crippen LogP contribution is -2.20. The molecular weight excluding hydrogens is 414 g/mol. The van der Waals surface area contributed by atoms with Gasteiger partial charge in [0.25, 0.3) is 0 Å². The van der Waals surface area contributed by atoms with Crippen LogP contribution in [0.25, 0.3) is 0 Å². The van der Waals surface area contributed by atoms with E-state index in [0.717, 1.165) is 22.3 Å². The van der Waals surface area contributed by atoms with E-state index in [1.165, 1.54) is 51.4 Å². The summed E-state index contributed by atoms with van der Waals surface area (Å²) >= 11 is 0. The molecule has 0 saturated carbocycles. The molecule has 0 fully saturated rings. The van der Waals surface area contributed by atoms with Crippen LogP contribution in [0.4, 0.5) is 0 Å². The first kappa shape index (κ1) is 26.1. The topological polar surface area (TPSA) is 76.4 Å². The molecule has 5 heteroatoms. The first-order valence-corrected chi connectivity index (χ1v) is 11.2. The Hall–Kier alpha value is -3.13. The molecule has 1 aliphatic rings. The average molecular weight is 450 g/mol. The van der Waals surface area contributed by atoms with Crippen molar-refractivity contribution in [2.45, 2.75) is 88.4 Å². The molecule has 0 bridgehead atoms. The van der Waals surface area contributed by atoms with E-state index in [4.69, 9.17) is 14.7 Å². The fourth-order valence-corrected chi connectivity index (χ4v) is 4.41. The maximum Gasteiger partial charge on any atom is 0.310 e. The highest BCUT2D eigenvalue weighted by Crippen LogP contribution is 2.30. The molecule has 0 aliphatic carbocycles. The minimum Gasteiger partial charge on any atom is -0.461 e. The van der Waals surface area contributed by atoms with Gasteiger partial charge in [-0.2, -0.15) is 5.26 Å². The van der Waals surface area contributed by atoms with Crippen LogP contribution in [0.3, 0.4) is 0 Å². The molecule has 0 N–H and O–H groups in total. The van der Waals surface area contributed by atoms with E-state index < -0.39 is 0 Å². The molecule has 3 rings (SSSR count). The summed E-state index contributed by atoms with van der Waals surface area (Å²) in [7, 11) is 0. The number of nitrogens with zero attached hydrogens (tertiary/aromatic N) is 1. The third kappa shape index (κ3) is 5.45. The van der Waals surface area contributed by atoms with Crippen LogP contribution < -0.4 is 0 Å². The Morgan fingerprint density at radius 2 is 1.30 bits per heavy atom. The van der Waals surface area contributed by atoms with Crippen molar-refractivity contribution in [2.24, 2.45) is 0 Å². The Labute approximate surface area is 197 Å². The van der Waals surface area contributed by atoms with Gasteiger partial charge in [0.2, 0.25) is 0 Å². The van der Waals surface area contributed by atoms with E-state index in [9.17, 15) is 9.59 Å². The number of ether oxygens (including phenoxy) is 2. The zero-order chi connectivity index (χ0) is 25.0. The maximum atomic E-state index is 11.3. The Kier molecular flexibility index (Phi) is 8.44. The summed E-state index contributed by atoms with van der Waals surface area (Å²) < 4.78 is 10.2. The molecule has 0 unspecified atom stereocenters. The van der Waals surface area contributed by atoms with Crippen molar-refractivity contribution in [2.75, 3.05) is 0 Å². The van der Waals surface area contributed by atoms with Crippen LogP contribution in [0.2, 0.25) is 0 Å². The smallest absolute Gasteiger partial charge is 0.310 e. The zero-order valence-corrected chi connectivity index (χ0v) is 21.4. The Bertz CT molecular complexity index is 1150. The van der Waals surface area contributed by atoms with Crippen molar-refractivity contribution in [3.8, 4) is 6.07 Å². The summed E-state index contributed by atoms with van der Waals surface area (Å²) in [5.41, 5.74) is 14.2. The van der Waals surface area contributed by atoms with Crippen LogP contribution >= 0.6 is 0 Å². The highest BCUT2D eigenvalue weighted by Gasteiger charge is 2.22. The number of benzene rings is 2. The largest absolute Gasteiger partial charge is 0.461 e. The highest BCUT2D eigenvalue weighted by atomic mass is 16.5. The van der Waals surface area contributed by atoms with Gasteiger partial charge in [0.05, 0.1) is 18.9 Å². The van der Waals surface area contributed by atoms with Gasteiger partial charge >= 0.3 is 11.9 Å². The summed E-state index contributed by atoms with van der Waals surface area (Å²) in [5.74, 6) is -0.401. The van der Waals surface area contributed by atoms with Gasteiger partial charge in [-0.05, 0) is 122 Å². The van der Waals surface area contributed by atoms with Gasteiger partial charge in [0.1, 0.15) is 13.2 Å². The lowest BCUT2D eigenvalue weighted by atomic mass is 9.87. The second-order valence-corrected chi connectivity index (χ2v) is 8.87. The van der Waals surface area contributed by atoms with Crippen LogP contribution in [0.1, 0.15) is 73.7 Å². The van der Waals surface area contributed by atoms with Gasteiger partial charge < -0.3 is 9.47 Å². The molecule has 2 aromatic rings. The van der Waals surface area contributed by atoms with Crippen LogP contribution in [0.15, 0.2) is 0 Å². The first-order valence-electron chi connectivity index (χ1n) is 11.2. The molecule has 0 saturated heterocycles. The van der Waals surface area contributed by atoms with Gasteiger partial charge in [-0.25, -0.2) is 0 Å².